The molecule has 0 atom stereocenters. The van der Waals surface area contributed by atoms with Crippen LogP contribution in [0.4, 0.5) is 4.39 Å². The average molecular weight is 248 g/mol. The molecule has 0 N–H and O–H groups in total. The third kappa shape index (κ3) is 4.23. The molecule has 2 heteroatoms. The van der Waals surface area contributed by atoms with Crippen molar-refractivity contribution in [2.45, 2.75) is 23.5 Å². The third-order valence-electron chi connectivity index (χ3n) is 2.39. The van der Waals surface area contributed by atoms with Crippen molar-refractivity contribution in [3.63, 3.8) is 0 Å². The number of rotatable bonds is 5. The van der Waals surface area contributed by atoms with Crippen LogP contribution in [-0.2, 0) is 0 Å². The second-order valence-electron chi connectivity index (χ2n) is 4.19. The molecule has 1 aromatic rings. The van der Waals surface area contributed by atoms with Gasteiger partial charge < -0.3 is 0 Å². The van der Waals surface area contributed by atoms with Crippen molar-refractivity contribution in [2.75, 3.05) is 0 Å². The van der Waals surface area contributed by atoms with E-state index in [1.54, 1.807) is 30.0 Å². The van der Waals surface area contributed by atoms with Gasteiger partial charge in [-0.25, -0.2) is 4.39 Å². The van der Waals surface area contributed by atoms with E-state index in [1.807, 2.05) is 12.2 Å². The highest BCUT2D eigenvalue weighted by atomic mass is 32.2. The van der Waals surface area contributed by atoms with Gasteiger partial charge in [-0.1, -0.05) is 31.4 Å². The van der Waals surface area contributed by atoms with Crippen molar-refractivity contribution in [1.82, 2.24) is 0 Å². The molecule has 0 fully saturated rings. The van der Waals surface area contributed by atoms with E-state index in [2.05, 4.69) is 27.0 Å². The molecule has 0 heterocycles. The third-order valence-corrected chi connectivity index (χ3v) is 3.67. The molecule has 0 aliphatic heterocycles. The molecule has 0 bridgehead atoms. The topological polar surface area (TPSA) is 0 Å². The maximum absolute atomic E-state index is 12.8. The van der Waals surface area contributed by atoms with Gasteiger partial charge in [0.2, 0.25) is 0 Å². The SMILES string of the molecule is C=C/C=C\C(=C)C(C)(C)Sc1ccc(F)cc1. The molecule has 1 rings (SSSR count). The maximum atomic E-state index is 12.8. The second-order valence-corrected chi connectivity index (χ2v) is 5.88. The van der Waals surface area contributed by atoms with E-state index in [4.69, 9.17) is 0 Å². The molecule has 0 saturated heterocycles. The minimum Gasteiger partial charge on any atom is -0.207 e. The summed E-state index contributed by atoms with van der Waals surface area (Å²) in [6.07, 6.45) is 5.54. The van der Waals surface area contributed by atoms with Crippen LogP contribution in [0.3, 0.4) is 0 Å². The van der Waals surface area contributed by atoms with Gasteiger partial charge in [0, 0.05) is 9.64 Å². The Morgan fingerprint density at radius 3 is 2.41 bits per heavy atom. The monoisotopic (exact) mass is 248 g/mol. The summed E-state index contributed by atoms with van der Waals surface area (Å²) in [5.74, 6) is -0.211. The summed E-state index contributed by atoms with van der Waals surface area (Å²) in [5.41, 5.74) is 1.01. The fourth-order valence-corrected chi connectivity index (χ4v) is 2.31. The Hall–Kier alpha value is -1.28. The molecular formula is C15H17FS. The molecule has 0 spiro atoms. The van der Waals surface area contributed by atoms with Crippen molar-refractivity contribution in [3.05, 3.63) is 67.0 Å². The first-order valence-corrected chi connectivity index (χ1v) is 6.20. The molecular weight excluding hydrogens is 231 g/mol. The first kappa shape index (κ1) is 13.8. The Balaban J connectivity index is 2.78. The summed E-state index contributed by atoms with van der Waals surface area (Å²) in [7, 11) is 0. The molecule has 0 amide bonds. The van der Waals surface area contributed by atoms with E-state index < -0.39 is 0 Å². The van der Waals surface area contributed by atoms with Gasteiger partial charge in [0.25, 0.3) is 0 Å². The lowest BCUT2D eigenvalue weighted by Gasteiger charge is -2.24. The molecule has 0 radical (unpaired) electrons. The van der Waals surface area contributed by atoms with Gasteiger partial charge in [-0.15, -0.1) is 11.8 Å². The Morgan fingerprint density at radius 2 is 1.88 bits per heavy atom. The van der Waals surface area contributed by atoms with Crippen LogP contribution in [0.5, 0.6) is 0 Å². The van der Waals surface area contributed by atoms with Crippen LogP contribution >= 0.6 is 11.8 Å². The van der Waals surface area contributed by atoms with E-state index in [9.17, 15) is 4.39 Å². The highest BCUT2D eigenvalue weighted by Gasteiger charge is 2.21. The molecule has 0 unspecified atom stereocenters. The highest BCUT2D eigenvalue weighted by Crippen LogP contribution is 2.37. The number of thioether (sulfide) groups is 1. The zero-order valence-electron chi connectivity index (χ0n) is 10.2. The van der Waals surface area contributed by atoms with E-state index in [-0.39, 0.29) is 10.6 Å². The summed E-state index contributed by atoms with van der Waals surface area (Å²) in [4.78, 5) is 1.03. The zero-order valence-corrected chi connectivity index (χ0v) is 11.1. The molecule has 0 aliphatic rings. The summed E-state index contributed by atoms with van der Waals surface area (Å²) in [6.45, 7) is 11.9. The van der Waals surface area contributed by atoms with Gasteiger partial charge in [-0.2, -0.15) is 0 Å². The van der Waals surface area contributed by atoms with Gasteiger partial charge >= 0.3 is 0 Å². The molecule has 0 nitrogen and oxygen atoms in total. The van der Waals surface area contributed by atoms with E-state index in [1.165, 1.54) is 12.1 Å². The molecule has 0 aliphatic carbocycles. The second kappa shape index (κ2) is 5.87. The van der Waals surface area contributed by atoms with E-state index >= 15 is 0 Å². The van der Waals surface area contributed by atoms with Crippen molar-refractivity contribution >= 4 is 11.8 Å². The largest absolute Gasteiger partial charge is 0.207 e. The van der Waals surface area contributed by atoms with Gasteiger partial charge in [-0.05, 0) is 43.7 Å². The molecule has 0 aromatic heterocycles. The quantitative estimate of drug-likeness (QED) is 0.522. The minimum absolute atomic E-state index is 0.128. The minimum atomic E-state index is -0.211. The standard InChI is InChI=1S/C15H17FS/c1-5-6-7-12(2)15(3,4)17-14-10-8-13(16)9-11-14/h5-11H,1-2H2,3-4H3/b7-6-. The first-order valence-electron chi connectivity index (χ1n) is 5.39. The normalized spacial score (nSPS) is 11.7. The zero-order chi connectivity index (χ0) is 12.9. The summed E-state index contributed by atoms with van der Waals surface area (Å²) in [5, 5.41) is 0. The number of allylic oxidation sites excluding steroid dienone is 3. The Bertz CT molecular complexity index is 427. The lowest BCUT2D eigenvalue weighted by atomic mass is 10.0. The molecule has 90 valence electrons. The lowest BCUT2D eigenvalue weighted by Crippen LogP contribution is -2.15. The van der Waals surface area contributed by atoms with Crippen LogP contribution in [0.15, 0.2) is 66.1 Å². The van der Waals surface area contributed by atoms with Crippen molar-refractivity contribution < 1.29 is 4.39 Å². The van der Waals surface area contributed by atoms with E-state index in [0.29, 0.717) is 0 Å². The first-order chi connectivity index (χ1) is 7.95. The fourth-order valence-electron chi connectivity index (χ4n) is 1.25. The van der Waals surface area contributed by atoms with Crippen molar-refractivity contribution in [3.8, 4) is 0 Å². The molecule has 1 aromatic carbocycles. The van der Waals surface area contributed by atoms with Crippen LogP contribution in [0.1, 0.15) is 13.8 Å². The predicted octanol–water partition coefficient (Wildman–Crippen LogP) is 4.99. The number of hydrogen-bond acceptors (Lipinski definition) is 1. The number of hydrogen-bond donors (Lipinski definition) is 0. The Labute approximate surface area is 107 Å². The number of benzene rings is 1. The lowest BCUT2D eigenvalue weighted by molar-refractivity contribution is 0.626. The van der Waals surface area contributed by atoms with E-state index in [0.717, 1.165) is 10.5 Å². The number of halogens is 1. The Kier molecular flexibility index (Phi) is 4.76. The van der Waals surface area contributed by atoms with Crippen LogP contribution in [0.2, 0.25) is 0 Å². The highest BCUT2D eigenvalue weighted by molar-refractivity contribution is 8.00. The predicted molar refractivity (Wildman–Crippen MR) is 74.8 cm³/mol. The summed E-state index contributed by atoms with van der Waals surface area (Å²) in [6, 6.07) is 6.51. The summed E-state index contributed by atoms with van der Waals surface area (Å²) >= 11 is 1.66. The van der Waals surface area contributed by atoms with Gasteiger partial charge in [-0.3, -0.25) is 0 Å². The van der Waals surface area contributed by atoms with Gasteiger partial charge in [0.05, 0.1) is 0 Å². The van der Waals surface area contributed by atoms with Gasteiger partial charge in [0.15, 0.2) is 0 Å². The van der Waals surface area contributed by atoms with Crippen molar-refractivity contribution in [2.24, 2.45) is 0 Å². The van der Waals surface area contributed by atoms with Gasteiger partial charge in [0.1, 0.15) is 5.82 Å². The van der Waals surface area contributed by atoms with Crippen LogP contribution in [-0.4, -0.2) is 4.75 Å². The smallest absolute Gasteiger partial charge is 0.123 e. The average Bonchev–Trinajstić information content (AvgIpc) is 2.28. The maximum Gasteiger partial charge on any atom is 0.123 e. The van der Waals surface area contributed by atoms with Crippen LogP contribution in [0.25, 0.3) is 0 Å². The Morgan fingerprint density at radius 1 is 1.29 bits per heavy atom. The van der Waals surface area contributed by atoms with Crippen molar-refractivity contribution in [1.29, 1.82) is 0 Å². The molecule has 0 saturated carbocycles. The molecule has 17 heavy (non-hydrogen) atoms. The summed E-state index contributed by atoms with van der Waals surface area (Å²) < 4.78 is 12.7. The van der Waals surface area contributed by atoms with Crippen LogP contribution < -0.4 is 0 Å². The fraction of sp³-hybridized carbons (Fsp3) is 0.200. The van der Waals surface area contributed by atoms with Crippen LogP contribution in [0, 0.1) is 5.82 Å².